The van der Waals surface area contributed by atoms with Gasteiger partial charge in [0.25, 0.3) is 0 Å². The molecule has 0 bridgehead atoms. The maximum Gasteiger partial charge on any atom is 0.319 e. The van der Waals surface area contributed by atoms with E-state index in [-0.39, 0.29) is 11.8 Å². The summed E-state index contributed by atoms with van der Waals surface area (Å²) in [4.78, 5) is 22.9. The summed E-state index contributed by atoms with van der Waals surface area (Å²) in [6.07, 6.45) is -0.138. The Bertz CT molecular complexity index is 544. The van der Waals surface area contributed by atoms with Crippen molar-refractivity contribution in [2.24, 2.45) is 5.41 Å². The number of carbonyl (C=O) groups excluding carboxylic acids is 1. The maximum atomic E-state index is 12.0. The fraction of sp³-hybridized carbons (Fsp3) is 0.429. The highest BCUT2D eigenvalue weighted by Crippen LogP contribution is 2.26. The van der Waals surface area contributed by atoms with E-state index in [1.807, 2.05) is 20.8 Å². The van der Waals surface area contributed by atoms with Crippen LogP contribution in [-0.4, -0.2) is 23.1 Å². The lowest BCUT2D eigenvalue weighted by Gasteiger charge is -2.30. The highest BCUT2D eigenvalue weighted by atomic mass is 79.9. The van der Waals surface area contributed by atoms with E-state index in [2.05, 4.69) is 26.6 Å². The Balaban J connectivity index is 2.73. The molecule has 1 atom stereocenters. The van der Waals surface area contributed by atoms with Crippen molar-refractivity contribution in [2.75, 3.05) is 5.32 Å². The van der Waals surface area contributed by atoms with Crippen molar-refractivity contribution < 1.29 is 14.7 Å². The number of benzene rings is 1. The smallest absolute Gasteiger partial charge is 0.319 e. The molecule has 1 rings (SSSR count). The Morgan fingerprint density at radius 2 is 2.00 bits per heavy atom. The summed E-state index contributed by atoms with van der Waals surface area (Å²) in [5.74, 6) is -0.954. The van der Waals surface area contributed by atoms with E-state index in [0.29, 0.717) is 15.2 Å². The van der Waals surface area contributed by atoms with Crippen LogP contribution in [0.2, 0.25) is 5.02 Å². The molecule has 0 saturated heterocycles. The molecule has 0 fully saturated rings. The van der Waals surface area contributed by atoms with Crippen molar-refractivity contribution in [1.29, 1.82) is 0 Å². The zero-order valence-corrected chi connectivity index (χ0v) is 14.4. The lowest BCUT2D eigenvalue weighted by atomic mass is 9.85. The van der Waals surface area contributed by atoms with Gasteiger partial charge in [-0.05, 0) is 39.5 Å². The Labute approximate surface area is 137 Å². The predicted octanol–water partition coefficient (Wildman–Crippen LogP) is 4.11. The van der Waals surface area contributed by atoms with Crippen LogP contribution in [0.15, 0.2) is 22.7 Å². The number of carboxylic acids is 1. The van der Waals surface area contributed by atoms with Gasteiger partial charge >= 0.3 is 12.0 Å². The zero-order chi connectivity index (χ0) is 16.2. The van der Waals surface area contributed by atoms with Crippen LogP contribution in [0.5, 0.6) is 0 Å². The van der Waals surface area contributed by atoms with E-state index in [0.717, 1.165) is 0 Å². The third-order valence-electron chi connectivity index (χ3n) is 2.91. The van der Waals surface area contributed by atoms with Crippen LogP contribution in [0.4, 0.5) is 10.5 Å². The Hall–Kier alpha value is -1.27. The summed E-state index contributed by atoms with van der Waals surface area (Å²) in [5, 5.41) is 14.8. The quantitative estimate of drug-likeness (QED) is 0.738. The van der Waals surface area contributed by atoms with Gasteiger partial charge in [-0.1, -0.05) is 32.4 Å². The number of amides is 2. The molecule has 21 heavy (non-hydrogen) atoms. The average molecular weight is 378 g/mol. The first kappa shape index (κ1) is 17.8. The predicted molar refractivity (Wildman–Crippen MR) is 86.8 cm³/mol. The molecule has 0 aliphatic rings. The third-order valence-corrected chi connectivity index (χ3v) is 4.12. The Morgan fingerprint density at radius 1 is 1.38 bits per heavy atom. The van der Waals surface area contributed by atoms with Crippen LogP contribution in [-0.2, 0) is 4.79 Å². The van der Waals surface area contributed by atoms with Gasteiger partial charge in [0.15, 0.2) is 0 Å². The van der Waals surface area contributed by atoms with E-state index in [4.69, 9.17) is 16.7 Å². The number of anilines is 1. The fourth-order valence-electron chi connectivity index (χ4n) is 1.65. The highest BCUT2D eigenvalue weighted by Gasteiger charge is 2.28. The fourth-order valence-corrected chi connectivity index (χ4v) is 2.14. The second-order valence-electron chi connectivity index (χ2n) is 5.74. The normalized spacial score (nSPS) is 12.6. The van der Waals surface area contributed by atoms with Gasteiger partial charge in [0, 0.05) is 16.2 Å². The van der Waals surface area contributed by atoms with E-state index in [1.165, 1.54) is 0 Å². The number of halogens is 2. The van der Waals surface area contributed by atoms with Gasteiger partial charge in [0.1, 0.15) is 0 Å². The largest absolute Gasteiger partial charge is 0.481 e. The average Bonchev–Trinajstić information content (AvgIpc) is 2.31. The van der Waals surface area contributed by atoms with E-state index < -0.39 is 18.0 Å². The molecule has 0 aliphatic heterocycles. The molecule has 1 unspecified atom stereocenters. The molecule has 0 spiro atoms. The second kappa shape index (κ2) is 7.13. The number of rotatable bonds is 4. The van der Waals surface area contributed by atoms with Gasteiger partial charge in [-0.2, -0.15) is 0 Å². The van der Waals surface area contributed by atoms with Crippen LogP contribution < -0.4 is 10.6 Å². The molecule has 7 heteroatoms. The first-order chi connectivity index (χ1) is 9.59. The molecule has 0 aliphatic carbocycles. The van der Waals surface area contributed by atoms with Gasteiger partial charge in [-0.15, -0.1) is 0 Å². The first-order valence-electron chi connectivity index (χ1n) is 6.34. The van der Waals surface area contributed by atoms with Gasteiger partial charge in [0.05, 0.1) is 11.4 Å². The van der Waals surface area contributed by atoms with Crippen molar-refractivity contribution in [3.05, 3.63) is 27.7 Å². The minimum Gasteiger partial charge on any atom is -0.481 e. The topological polar surface area (TPSA) is 78.4 Å². The number of carboxylic acid groups (broad SMARTS) is 1. The lowest BCUT2D eigenvalue weighted by molar-refractivity contribution is -0.138. The number of urea groups is 1. The minimum atomic E-state index is -0.954. The van der Waals surface area contributed by atoms with Gasteiger partial charge in [-0.3, -0.25) is 4.79 Å². The lowest BCUT2D eigenvalue weighted by Crippen LogP contribution is -2.46. The summed E-state index contributed by atoms with van der Waals surface area (Å²) >= 11 is 9.15. The second-order valence-corrected chi connectivity index (χ2v) is 7.01. The molecule has 0 heterocycles. The molecule has 1 aromatic carbocycles. The molecule has 0 radical (unpaired) electrons. The SMILES string of the molecule is CC(C)(C)C(CC(=O)O)NC(=O)Nc1ccc(Cl)c(Br)c1. The number of nitrogens with one attached hydrogen (secondary N) is 2. The zero-order valence-electron chi connectivity index (χ0n) is 12.0. The van der Waals surface area contributed by atoms with Crippen molar-refractivity contribution in [3.63, 3.8) is 0 Å². The molecule has 3 N–H and O–H groups in total. The van der Waals surface area contributed by atoms with Gasteiger partial charge < -0.3 is 15.7 Å². The standard InChI is InChI=1S/C14H18BrClN2O3/c1-14(2,3)11(7-12(19)20)18-13(21)17-8-4-5-10(16)9(15)6-8/h4-6,11H,7H2,1-3H3,(H,19,20)(H2,17,18,21). The monoisotopic (exact) mass is 376 g/mol. The number of hydrogen-bond donors (Lipinski definition) is 3. The summed E-state index contributed by atoms with van der Waals surface area (Å²) in [6, 6.07) is 4.05. The summed E-state index contributed by atoms with van der Waals surface area (Å²) in [7, 11) is 0. The molecule has 0 saturated carbocycles. The third kappa shape index (κ3) is 5.93. The first-order valence-corrected chi connectivity index (χ1v) is 7.51. The number of aliphatic carboxylic acids is 1. The Kier molecular flexibility index (Phi) is 6.04. The molecule has 5 nitrogen and oxygen atoms in total. The van der Waals surface area contributed by atoms with Crippen LogP contribution in [0, 0.1) is 5.41 Å². The van der Waals surface area contributed by atoms with Crippen LogP contribution in [0.1, 0.15) is 27.2 Å². The molecule has 1 aromatic rings. The van der Waals surface area contributed by atoms with Crippen LogP contribution in [0.25, 0.3) is 0 Å². The summed E-state index contributed by atoms with van der Waals surface area (Å²) < 4.78 is 0.667. The molecule has 0 aromatic heterocycles. The van der Waals surface area contributed by atoms with Crippen molar-refractivity contribution in [1.82, 2.24) is 5.32 Å². The van der Waals surface area contributed by atoms with Crippen molar-refractivity contribution in [2.45, 2.75) is 33.2 Å². The van der Waals surface area contributed by atoms with Gasteiger partial charge in [0.2, 0.25) is 0 Å². The van der Waals surface area contributed by atoms with Gasteiger partial charge in [-0.25, -0.2) is 4.79 Å². The van der Waals surface area contributed by atoms with Crippen molar-refractivity contribution in [3.8, 4) is 0 Å². The van der Waals surface area contributed by atoms with Crippen molar-refractivity contribution >= 4 is 45.2 Å². The Morgan fingerprint density at radius 3 is 2.48 bits per heavy atom. The summed E-state index contributed by atoms with van der Waals surface area (Å²) in [6.45, 7) is 5.62. The van der Waals surface area contributed by atoms with Crippen LogP contribution >= 0.6 is 27.5 Å². The highest BCUT2D eigenvalue weighted by molar-refractivity contribution is 9.10. The number of carbonyl (C=O) groups is 2. The maximum absolute atomic E-state index is 12.0. The van der Waals surface area contributed by atoms with E-state index in [1.54, 1.807) is 18.2 Å². The molecule has 2 amide bonds. The van der Waals surface area contributed by atoms with E-state index >= 15 is 0 Å². The molecular weight excluding hydrogens is 360 g/mol. The number of hydrogen-bond acceptors (Lipinski definition) is 2. The summed E-state index contributed by atoms with van der Waals surface area (Å²) in [5.41, 5.74) is 0.197. The molecular formula is C14H18BrClN2O3. The van der Waals surface area contributed by atoms with Crippen LogP contribution in [0.3, 0.4) is 0 Å². The minimum absolute atomic E-state index is 0.138. The van der Waals surface area contributed by atoms with E-state index in [9.17, 15) is 9.59 Å². The molecule has 116 valence electrons.